The smallest absolute Gasteiger partial charge is 0.464 e. The lowest BCUT2D eigenvalue weighted by Crippen LogP contribution is -2.41. The van der Waals surface area contributed by atoms with Gasteiger partial charge in [0.05, 0.1) is 24.0 Å². The number of sulfonamides is 1. The molecule has 1 rings (SSSR count). The average Bonchev–Trinajstić information content (AvgIpc) is 2.82. The first kappa shape index (κ1) is 33.8. The number of rotatable bonds is 16. The molecule has 0 saturated carbocycles. The molecular weight excluding hydrogens is 531 g/mol. The van der Waals surface area contributed by atoms with Crippen LogP contribution in [0.2, 0.25) is 0 Å². The highest BCUT2D eigenvalue weighted by molar-refractivity contribution is 7.90. The lowest BCUT2D eigenvalue weighted by molar-refractivity contribution is -0.225. The van der Waals surface area contributed by atoms with E-state index in [0.29, 0.717) is 6.61 Å². The highest BCUT2D eigenvalue weighted by atomic mass is 32.2. The fraction of sp³-hybridized carbons (Fsp3) is 0.680. The second kappa shape index (κ2) is 13.7. The Morgan fingerprint density at radius 3 is 2.00 bits per heavy atom. The number of carbonyl (C=O) groups is 2. The summed E-state index contributed by atoms with van der Waals surface area (Å²) in [7, 11) is -5.53. The largest absolute Gasteiger partial charge is 0.511 e. The average molecular weight is 570 g/mol. The number of alkyl halides is 3. The zero-order chi connectivity index (χ0) is 29.3. The first-order chi connectivity index (χ1) is 17.4. The summed E-state index contributed by atoms with van der Waals surface area (Å²) >= 11 is 0. The van der Waals surface area contributed by atoms with E-state index in [4.69, 9.17) is 18.9 Å². The van der Waals surface area contributed by atoms with E-state index >= 15 is 0 Å². The van der Waals surface area contributed by atoms with Gasteiger partial charge in [-0.15, -0.1) is 0 Å². The molecule has 0 aliphatic heterocycles. The summed E-state index contributed by atoms with van der Waals surface area (Å²) < 4.78 is 82.3. The Bertz CT molecular complexity index is 1010. The molecule has 0 bridgehead atoms. The highest BCUT2D eigenvalue weighted by Gasteiger charge is 2.46. The summed E-state index contributed by atoms with van der Waals surface area (Å²) in [5.74, 6) is -2.27. The molecule has 1 N–H and O–H groups in total. The highest BCUT2D eigenvalue weighted by Crippen LogP contribution is 2.38. The third-order valence-electron chi connectivity index (χ3n) is 5.79. The molecule has 1 unspecified atom stereocenters. The summed E-state index contributed by atoms with van der Waals surface area (Å²) in [5, 5.41) is 0. The van der Waals surface area contributed by atoms with Crippen LogP contribution >= 0.6 is 0 Å². The van der Waals surface area contributed by atoms with Gasteiger partial charge in [-0.25, -0.2) is 13.1 Å². The molecule has 9 nitrogen and oxygen atoms in total. The van der Waals surface area contributed by atoms with Gasteiger partial charge in [0.25, 0.3) is 0 Å². The minimum absolute atomic E-state index is 0.0228. The first-order valence-corrected chi connectivity index (χ1v) is 13.6. The van der Waals surface area contributed by atoms with Crippen molar-refractivity contribution in [2.45, 2.75) is 72.3 Å². The molecule has 0 spiro atoms. The van der Waals surface area contributed by atoms with Crippen LogP contribution in [0.25, 0.3) is 0 Å². The van der Waals surface area contributed by atoms with Crippen molar-refractivity contribution < 1.29 is 50.1 Å². The van der Waals surface area contributed by atoms with Gasteiger partial charge in [0.15, 0.2) is 5.79 Å². The number of nitrogens with one attached hydrogen (secondary N) is 1. The number of benzene rings is 1. The third kappa shape index (κ3) is 10.9. The maximum Gasteiger partial charge on any atom is 0.511 e. The molecule has 0 aromatic heterocycles. The minimum atomic E-state index is -5.53. The van der Waals surface area contributed by atoms with Crippen LogP contribution in [0.5, 0.6) is 0 Å². The Kier molecular flexibility index (Phi) is 12.2. The Morgan fingerprint density at radius 2 is 1.45 bits per heavy atom. The van der Waals surface area contributed by atoms with Crippen LogP contribution < -0.4 is 4.72 Å². The number of ether oxygens (including phenoxy) is 4. The summed E-state index contributed by atoms with van der Waals surface area (Å²) in [5.41, 5.74) is -6.76. The Balaban J connectivity index is 2.52. The number of hydrogen-bond acceptors (Lipinski definition) is 8. The molecular formula is C25H38F3NO8S. The van der Waals surface area contributed by atoms with E-state index < -0.39 is 57.2 Å². The molecule has 1 aromatic rings. The zero-order valence-corrected chi connectivity index (χ0v) is 23.5. The molecule has 0 amide bonds. The lowest BCUT2D eigenvalue weighted by atomic mass is 9.72. The Labute approximate surface area is 222 Å². The van der Waals surface area contributed by atoms with Gasteiger partial charge < -0.3 is 18.9 Å². The molecule has 1 atom stereocenters. The van der Waals surface area contributed by atoms with Crippen molar-refractivity contribution in [2.75, 3.05) is 26.4 Å². The molecule has 0 aliphatic carbocycles. The van der Waals surface area contributed by atoms with E-state index in [-0.39, 0.29) is 26.1 Å². The molecule has 0 aliphatic rings. The quantitative estimate of drug-likeness (QED) is 0.178. The second-order valence-electron chi connectivity index (χ2n) is 10.1. The van der Waals surface area contributed by atoms with Crippen molar-refractivity contribution in [3.05, 3.63) is 35.9 Å². The van der Waals surface area contributed by atoms with E-state index in [0.717, 1.165) is 5.56 Å². The van der Waals surface area contributed by atoms with Gasteiger partial charge in [0.2, 0.25) is 0 Å². The van der Waals surface area contributed by atoms with E-state index in [1.807, 2.05) is 30.3 Å². The van der Waals surface area contributed by atoms with Crippen molar-refractivity contribution in [3.63, 3.8) is 0 Å². The first-order valence-electron chi connectivity index (χ1n) is 12.1. The topological polar surface area (TPSA) is 117 Å². The Morgan fingerprint density at radius 1 is 0.868 bits per heavy atom. The van der Waals surface area contributed by atoms with Gasteiger partial charge in [-0.2, -0.15) is 13.2 Å². The van der Waals surface area contributed by atoms with Gasteiger partial charge >= 0.3 is 27.5 Å². The van der Waals surface area contributed by atoms with Crippen LogP contribution in [-0.2, 0) is 45.2 Å². The van der Waals surface area contributed by atoms with Crippen LogP contribution in [0.4, 0.5) is 13.2 Å². The summed E-state index contributed by atoms with van der Waals surface area (Å²) in [6.45, 7) is 8.96. The number of halogens is 3. The van der Waals surface area contributed by atoms with Crippen LogP contribution in [0.15, 0.2) is 30.3 Å². The fourth-order valence-corrected chi connectivity index (χ4v) is 3.97. The number of carbonyl (C=O) groups excluding carboxylic acids is 2. The van der Waals surface area contributed by atoms with Gasteiger partial charge in [-0.05, 0) is 53.0 Å². The lowest BCUT2D eigenvalue weighted by Gasteiger charge is -2.33. The third-order valence-corrected chi connectivity index (χ3v) is 6.98. The SMILES string of the molecule is CCC(C)(CC(C)(C)C(=O)OCCOC(C)(C)OCc1ccccc1)C(=O)OCCNS(=O)(=O)C(F)(F)F. The van der Waals surface area contributed by atoms with Crippen molar-refractivity contribution >= 4 is 22.0 Å². The van der Waals surface area contributed by atoms with Gasteiger partial charge in [-0.1, -0.05) is 37.3 Å². The molecule has 1 aromatic carbocycles. The molecule has 13 heteroatoms. The predicted octanol–water partition coefficient (Wildman–Crippen LogP) is 4.31. The normalized spacial score (nSPS) is 14.6. The molecule has 218 valence electrons. The summed E-state index contributed by atoms with van der Waals surface area (Å²) in [4.78, 5) is 25.4. The summed E-state index contributed by atoms with van der Waals surface area (Å²) in [6.07, 6.45) is 0.280. The van der Waals surface area contributed by atoms with E-state index in [9.17, 15) is 31.2 Å². The molecule has 0 fully saturated rings. The monoisotopic (exact) mass is 569 g/mol. The van der Waals surface area contributed by atoms with Gasteiger partial charge in [-0.3, -0.25) is 9.59 Å². The predicted molar refractivity (Wildman–Crippen MR) is 133 cm³/mol. The molecule has 0 radical (unpaired) electrons. The zero-order valence-electron chi connectivity index (χ0n) is 22.6. The van der Waals surface area contributed by atoms with E-state index in [1.165, 1.54) is 4.72 Å². The molecule has 38 heavy (non-hydrogen) atoms. The molecule has 0 saturated heterocycles. The van der Waals surface area contributed by atoms with Crippen LogP contribution in [-0.4, -0.2) is 58.0 Å². The van der Waals surface area contributed by atoms with E-state index in [2.05, 4.69) is 0 Å². The second-order valence-corrected chi connectivity index (χ2v) is 11.9. The summed E-state index contributed by atoms with van der Waals surface area (Å²) in [6, 6.07) is 9.56. The van der Waals surface area contributed by atoms with Crippen LogP contribution in [0.3, 0.4) is 0 Å². The van der Waals surface area contributed by atoms with Gasteiger partial charge in [0, 0.05) is 6.54 Å². The minimum Gasteiger partial charge on any atom is -0.464 e. The van der Waals surface area contributed by atoms with Crippen molar-refractivity contribution in [3.8, 4) is 0 Å². The number of esters is 2. The maximum atomic E-state index is 12.7. The van der Waals surface area contributed by atoms with E-state index in [1.54, 1.807) is 41.5 Å². The van der Waals surface area contributed by atoms with Crippen LogP contribution in [0.1, 0.15) is 59.9 Å². The van der Waals surface area contributed by atoms with Gasteiger partial charge in [0.1, 0.15) is 13.2 Å². The maximum absolute atomic E-state index is 12.7. The van der Waals surface area contributed by atoms with Crippen molar-refractivity contribution in [2.24, 2.45) is 10.8 Å². The van der Waals surface area contributed by atoms with Crippen LogP contribution in [0, 0.1) is 10.8 Å². The fourth-order valence-electron chi connectivity index (χ4n) is 3.46. The molecule has 0 heterocycles. The van der Waals surface area contributed by atoms with Crippen molar-refractivity contribution in [1.82, 2.24) is 4.72 Å². The Hall–Kier alpha value is -2.22. The standard InChI is InChI=1S/C25H38F3NO8S/c1-7-24(6,21(31)34-14-13-29-38(32,33)25(26,27)28)18-22(2,3)20(30)35-15-16-36-23(4,5)37-17-19-11-9-8-10-12-19/h8-12,29H,7,13-18H2,1-6H3. The number of hydrogen-bond donors (Lipinski definition) is 1. The van der Waals surface area contributed by atoms with Crippen molar-refractivity contribution in [1.29, 1.82) is 0 Å².